The molecule has 1 aromatic rings. The molecular formula is C14H20FNO2S. The third kappa shape index (κ3) is 3.76. The molecule has 19 heavy (non-hydrogen) atoms. The van der Waals surface area contributed by atoms with Crippen LogP contribution in [0.25, 0.3) is 0 Å². The molecule has 1 N–H and O–H groups in total. The SMILES string of the molecule is C[C@H](Cc1ccccc1F)NC[C@H]1CCCS1(=O)=O. The standard InChI is InChI=1S/C14H20FNO2S/c1-11(9-12-5-2-3-7-14(12)15)16-10-13-6-4-8-19(13,17)18/h2-3,5,7,11,13,16H,4,6,8-10H2,1H3/t11-,13-/m1/s1. The lowest BCUT2D eigenvalue weighted by molar-refractivity contribution is 0.510. The van der Waals surface area contributed by atoms with E-state index in [4.69, 9.17) is 0 Å². The van der Waals surface area contributed by atoms with Gasteiger partial charge >= 0.3 is 0 Å². The van der Waals surface area contributed by atoms with Gasteiger partial charge in [0.2, 0.25) is 0 Å². The summed E-state index contributed by atoms with van der Waals surface area (Å²) in [5.74, 6) is 0.103. The van der Waals surface area contributed by atoms with Crippen LogP contribution in [0, 0.1) is 5.82 Å². The van der Waals surface area contributed by atoms with Crippen molar-refractivity contribution in [2.24, 2.45) is 0 Å². The van der Waals surface area contributed by atoms with Crippen molar-refractivity contribution in [3.8, 4) is 0 Å². The van der Waals surface area contributed by atoms with Gasteiger partial charge in [0, 0.05) is 12.6 Å². The van der Waals surface area contributed by atoms with Crippen LogP contribution in [-0.2, 0) is 16.3 Å². The lowest BCUT2D eigenvalue weighted by Gasteiger charge is -2.17. The predicted octanol–water partition coefficient (Wildman–Crippen LogP) is 1.92. The average molecular weight is 285 g/mol. The molecule has 2 rings (SSSR count). The van der Waals surface area contributed by atoms with Gasteiger partial charge in [-0.05, 0) is 37.8 Å². The predicted molar refractivity (Wildman–Crippen MR) is 74.4 cm³/mol. The van der Waals surface area contributed by atoms with E-state index in [0.717, 1.165) is 12.8 Å². The first-order chi connectivity index (χ1) is 8.99. The smallest absolute Gasteiger partial charge is 0.154 e. The molecule has 1 saturated heterocycles. The van der Waals surface area contributed by atoms with Crippen LogP contribution in [0.4, 0.5) is 4.39 Å². The van der Waals surface area contributed by atoms with E-state index in [0.29, 0.717) is 24.3 Å². The van der Waals surface area contributed by atoms with Gasteiger partial charge in [0.05, 0.1) is 11.0 Å². The van der Waals surface area contributed by atoms with Crippen molar-refractivity contribution in [2.45, 2.75) is 37.5 Å². The fourth-order valence-electron chi connectivity index (χ4n) is 2.49. The highest BCUT2D eigenvalue weighted by atomic mass is 32.2. The Morgan fingerprint density at radius 3 is 2.79 bits per heavy atom. The molecule has 1 heterocycles. The van der Waals surface area contributed by atoms with Crippen LogP contribution < -0.4 is 5.32 Å². The zero-order valence-corrected chi connectivity index (χ0v) is 11.9. The van der Waals surface area contributed by atoms with Crippen molar-refractivity contribution >= 4 is 9.84 Å². The number of nitrogens with one attached hydrogen (secondary N) is 1. The second-order valence-electron chi connectivity index (χ2n) is 5.24. The van der Waals surface area contributed by atoms with Gasteiger partial charge in [-0.15, -0.1) is 0 Å². The third-order valence-electron chi connectivity index (χ3n) is 3.64. The molecule has 2 atom stereocenters. The van der Waals surface area contributed by atoms with E-state index in [1.807, 2.05) is 13.0 Å². The van der Waals surface area contributed by atoms with Gasteiger partial charge in [-0.3, -0.25) is 0 Å². The molecule has 1 aliphatic heterocycles. The lowest BCUT2D eigenvalue weighted by atomic mass is 10.1. The summed E-state index contributed by atoms with van der Waals surface area (Å²) in [5, 5.41) is 2.94. The molecule has 0 aromatic heterocycles. The van der Waals surface area contributed by atoms with E-state index in [1.54, 1.807) is 12.1 Å². The summed E-state index contributed by atoms with van der Waals surface area (Å²) in [7, 11) is -2.90. The molecule has 106 valence electrons. The van der Waals surface area contributed by atoms with Crippen LogP contribution in [0.1, 0.15) is 25.3 Å². The van der Waals surface area contributed by atoms with Gasteiger partial charge < -0.3 is 5.32 Å². The maximum Gasteiger partial charge on any atom is 0.154 e. The van der Waals surface area contributed by atoms with E-state index in [9.17, 15) is 12.8 Å². The minimum absolute atomic E-state index is 0.0627. The van der Waals surface area contributed by atoms with Gasteiger partial charge in [0.15, 0.2) is 9.84 Å². The second-order valence-corrected chi connectivity index (χ2v) is 7.64. The summed E-state index contributed by atoms with van der Waals surface area (Å²) in [6.07, 6.45) is 2.07. The van der Waals surface area contributed by atoms with Crippen molar-refractivity contribution in [1.29, 1.82) is 0 Å². The van der Waals surface area contributed by atoms with Gasteiger partial charge in [0.25, 0.3) is 0 Å². The molecule has 0 radical (unpaired) electrons. The van der Waals surface area contributed by atoms with Crippen LogP contribution in [0.3, 0.4) is 0 Å². The van der Waals surface area contributed by atoms with Crippen LogP contribution in [0.2, 0.25) is 0 Å². The molecule has 1 aromatic carbocycles. The van der Waals surface area contributed by atoms with E-state index >= 15 is 0 Å². The molecule has 1 aliphatic rings. The van der Waals surface area contributed by atoms with Crippen molar-refractivity contribution in [1.82, 2.24) is 5.32 Å². The molecule has 0 saturated carbocycles. The van der Waals surface area contributed by atoms with Crippen molar-refractivity contribution < 1.29 is 12.8 Å². The van der Waals surface area contributed by atoms with Gasteiger partial charge in [0.1, 0.15) is 5.82 Å². The van der Waals surface area contributed by atoms with E-state index in [2.05, 4.69) is 5.32 Å². The maximum absolute atomic E-state index is 13.5. The van der Waals surface area contributed by atoms with E-state index in [1.165, 1.54) is 6.07 Å². The molecule has 3 nitrogen and oxygen atoms in total. The highest BCUT2D eigenvalue weighted by Gasteiger charge is 2.30. The van der Waals surface area contributed by atoms with Crippen molar-refractivity contribution in [3.05, 3.63) is 35.6 Å². The van der Waals surface area contributed by atoms with Crippen LogP contribution in [0.15, 0.2) is 24.3 Å². The fraction of sp³-hybridized carbons (Fsp3) is 0.571. The molecule has 0 aliphatic carbocycles. The maximum atomic E-state index is 13.5. The number of hydrogen-bond donors (Lipinski definition) is 1. The number of rotatable bonds is 5. The Labute approximate surface area is 114 Å². The van der Waals surface area contributed by atoms with E-state index < -0.39 is 9.84 Å². The summed E-state index contributed by atoms with van der Waals surface area (Å²) in [4.78, 5) is 0. The molecule has 5 heteroatoms. The minimum atomic E-state index is -2.90. The first kappa shape index (κ1) is 14.5. The quantitative estimate of drug-likeness (QED) is 0.899. The Morgan fingerprint density at radius 2 is 2.16 bits per heavy atom. The first-order valence-electron chi connectivity index (χ1n) is 6.67. The fourth-order valence-corrected chi connectivity index (χ4v) is 4.26. The van der Waals surface area contributed by atoms with Crippen LogP contribution in [0.5, 0.6) is 0 Å². The van der Waals surface area contributed by atoms with Gasteiger partial charge in [-0.25, -0.2) is 12.8 Å². The van der Waals surface area contributed by atoms with Crippen LogP contribution >= 0.6 is 0 Å². The molecule has 0 spiro atoms. The van der Waals surface area contributed by atoms with Crippen molar-refractivity contribution in [3.63, 3.8) is 0 Å². The topological polar surface area (TPSA) is 46.2 Å². The Balaban J connectivity index is 1.85. The summed E-state index contributed by atoms with van der Waals surface area (Å²) < 4.78 is 36.9. The van der Waals surface area contributed by atoms with E-state index in [-0.39, 0.29) is 17.1 Å². The highest BCUT2D eigenvalue weighted by Crippen LogP contribution is 2.19. The van der Waals surface area contributed by atoms with Crippen LogP contribution in [-0.4, -0.2) is 32.0 Å². The van der Waals surface area contributed by atoms with Gasteiger partial charge in [-0.1, -0.05) is 18.2 Å². The summed E-state index contributed by atoms with van der Waals surface area (Å²) >= 11 is 0. The zero-order valence-electron chi connectivity index (χ0n) is 11.1. The zero-order chi connectivity index (χ0) is 13.9. The number of sulfone groups is 1. The molecule has 1 fully saturated rings. The monoisotopic (exact) mass is 285 g/mol. The average Bonchev–Trinajstić information content (AvgIpc) is 2.69. The minimum Gasteiger partial charge on any atom is -0.313 e. The summed E-state index contributed by atoms with van der Waals surface area (Å²) in [6, 6.07) is 6.76. The summed E-state index contributed by atoms with van der Waals surface area (Å²) in [6.45, 7) is 2.42. The molecule has 0 bridgehead atoms. The Morgan fingerprint density at radius 1 is 1.42 bits per heavy atom. The summed E-state index contributed by atoms with van der Waals surface area (Å²) in [5.41, 5.74) is 0.664. The molecule has 0 unspecified atom stereocenters. The number of halogens is 1. The first-order valence-corrected chi connectivity index (χ1v) is 8.39. The Hall–Kier alpha value is -0.940. The normalized spacial score (nSPS) is 23.4. The largest absolute Gasteiger partial charge is 0.313 e. The van der Waals surface area contributed by atoms with Gasteiger partial charge in [-0.2, -0.15) is 0 Å². The number of hydrogen-bond acceptors (Lipinski definition) is 3. The van der Waals surface area contributed by atoms with Crippen molar-refractivity contribution in [2.75, 3.05) is 12.3 Å². The molecule has 0 amide bonds. The second kappa shape index (κ2) is 6.01. The lowest BCUT2D eigenvalue weighted by Crippen LogP contribution is -2.37. The Bertz CT molecular complexity index is 530. The third-order valence-corrected chi connectivity index (χ3v) is 5.92. The molecular weight excluding hydrogens is 265 g/mol. The highest BCUT2D eigenvalue weighted by molar-refractivity contribution is 7.92. The number of benzene rings is 1. The Kier molecular flexibility index (Phi) is 4.58.